The lowest BCUT2D eigenvalue weighted by Crippen LogP contribution is -2.57. The highest BCUT2D eigenvalue weighted by Crippen LogP contribution is 2.23. The Morgan fingerprint density at radius 3 is 1.97 bits per heavy atom. The van der Waals surface area contributed by atoms with Gasteiger partial charge in [0.25, 0.3) is 0 Å². The molecule has 1 fully saturated rings. The Morgan fingerprint density at radius 1 is 0.828 bits per heavy atom. The molecule has 0 saturated carbocycles. The van der Waals surface area contributed by atoms with E-state index in [1.807, 2.05) is 75.5 Å². The van der Waals surface area contributed by atoms with Gasteiger partial charge in [-0.15, -0.1) is 0 Å². The van der Waals surface area contributed by atoms with E-state index in [1.54, 1.807) is 13.0 Å². The molecule has 1 aliphatic rings. The summed E-state index contributed by atoms with van der Waals surface area (Å²) in [6.45, 7) is 7.40. The minimum Gasteiger partial charge on any atom is -0.389 e. The van der Waals surface area contributed by atoms with Crippen LogP contribution in [0.4, 0.5) is 0 Å². The molecule has 6 nitrogen and oxygen atoms in total. The fourth-order valence-electron chi connectivity index (χ4n) is 2.54. The largest absolute Gasteiger partial charge is 0.389 e. The van der Waals surface area contributed by atoms with E-state index in [9.17, 15) is 20.4 Å². The van der Waals surface area contributed by atoms with Crippen LogP contribution in [0.5, 0.6) is 0 Å². The van der Waals surface area contributed by atoms with Crippen molar-refractivity contribution in [3.05, 3.63) is 60.8 Å². The zero-order valence-electron chi connectivity index (χ0n) is 17.7. The lowest BCUT2D eigenvalue weighted by Gasteiger charge is -2.39. The fraction of sp³-hybridized carbons (Fsp3) is 0.565. The van der Waals surface area contributed by atoms with Crippen LogP contribution in [-0.4, -0.2) is 63.3 Å². The number of ether oxygens (including phenoxy) is 2. The molecule has 4 N–H and O–H groups in total. The van der Waals surface area contributed by atoms with Gasteiger partial charge in [-0.1, -0.05) is 74.6 Å². The summed E-state index contributed by atoms with van der Waals surface area (Å²) >= 11 is 0. The summed E-state index contributed by atoms with van der Waals surface area (Å²) in [4.78, 5) is 0. The van der Waals surface area contributed by atoms with Crippen LogP contribution in [0.3, 0.4) is 0 Å². The third-order valence-electron chi connectivity index (χ3n) is 4.55. The number of hydrogen-bond acceptors (Lipinski definition) is 6. The highest BCUT2D eigenvalue weighted by molar-refractivity contribution is 5.18. The van der Waals surface area contributed by atoms with Crippen LogP contribution < -0.4 is 0 Å². The van der Waals surface area contributed by atoms with Crippen LogP contribution in [0.1, 0.15) is 34.1 Å². The van der Waals surface area contributed by atoms with E-state index < -0.39 is 36.8 Å². The quantitative estimate of drug-likeness (QED) is 0.414. The first-order valence-electron chi connectivity index (χ1n) is 10.1. The second-order valence-electron chi connectivity index (χ2n) is 7.57. The number of hydrogen-bond donors (Lipinski definition) is 4. The molecule has 0 spiro atoms. The molecule has 7 unspecified atom stereocenters. The highest BCUT2D eigenvalue weighted by Gasteiger charge is 2.42. The fourth-order valence-corrected chi connectivity index (χ4v) is 2.54. The van der Waals surface area contributed by atoms with Crippen molar-refractivity contribution in [3.8, 4) is 0 Å². The minimum absolute atomic E-state index is 0.210. The van der Waals surface area contributed by atoms with Gasteiger partial charge >= 0.3 is 0 Å². The lowest BCUT2D eigenvalue weighted by atomic mass is 10.00. The first-order valence-corrected chi connectivity index (χ1v) is 10.1. The Labute approximate surface area is 174 Å². The van der Waals surface area contributed by atoms with E-state index in [0.29, 0.717) is 6.42 Å². The Balaban J connectivity index is 2.29. The van der Waals surface area contributed by atoms with Crippen LogP contribution in [0.25, 0.3) is 0 Å². The molecule has 6 heteroatoms. The molecular formula is C23H36O6. The van der Waals surface area contributed by atoms with Gasteiger partial charge in [0, 0.05) is 0 Å². The summed E-state index contributed by atoms with van der Waals surface area (Å²) in [5, 5.41) is 39.1. The van der Waals surface area contributed by atoms with Gasteiger partial charge in [-0.2, -0.15) is 0 Å². The lowest BCUT2D eigenvalue weighted by molar-refractivity contribution is -0.302. The van der Waals surface area contributed by atoms with Gasteiger partial charge in [0.05, 0.1) is 18.3 Å². The zero-order valence-corrected chi connectivity index (χ0v) is 17.7. The molecule has 0 aromatic rings. The molecule has 7 atom stereocenters. The van der Waals surface area contributed by atoms with Crippen molar-refractivity contribution in [3.63, 3.8) is 0 Å². The molecule has 0 radical (unpaired) electrons. The molecule has 164 valence electrons. The summed E-state index contributed by atoms with van der Waals surface area (Å²) in [6, 6.07) is 0. The minimum atomic E-state index is -1.29. The van der Waals surface area contributed by atoms with Crippen molar-refractivity contribution in [2.75, 3.05) is 0 Å². The Bertz CT molecular complexity index is 592. The predicted octanol–water partition coefficient (Wildman–Crippen LogP) is 2.41. The summed E-state index contributed by atoms with van der Waals surface area (Å²) < 4.78 is 11.1. The highest BCUT2D eigenvalue weighted by atomic mass is 16.7. The molecule has 29 heavy (non-hydrogen) atoms. The molecule has 1 heterocycles. The van der Waals surface area contributed by atoms with Gasteiger partial charge in [-0.3, -0.25) is 0 Å². The SMILES string of the molecule is CC(CC=CC=CC=CC=CC=CC(O)C(C)C)OC1OC(C)C(O)C(O)C1O. The predicted molar refractivity (Wildman–Crippen MR) is 114 cm³/mol. The normalized spacial score (nSPS) is 31.3. The number of aliphatic hydroxyl groups is 4. The summed E-state index contributed by atoms with van der Waals surface area (Å²) in [7, 11) is 0. The van der Waals surface area contributed by atoms with Gasteiger partial charge in [0.1, 0.15) is 18.3 Å². The summed E-state index contributed by atoms with van der Waals surface area (Å²) in [6.07, 6.45) is 13.4. The van der Waals surface area contributed by atoms with Crippen LogP contribution in [0, 0.1) is 5.92 Å². The molecule has 1 rings (SSSR count). The Hall–Kier alpha value is -1.54. The molecule has 0 aromatic heterocycles. The van der Waals surface area contributed by atoms with Gasteiger partial charge in [-0.25, -0.2) is 0 Å². The first-order chi connectivity index (χ1) is 13.7. The molecule has 1 aliphatic heterocycles. The summed E-state index contributed by atoms with van der Waals surface area (Å²) in [5.41, 5.74) is 0. The summed E-state index contributed by atoms with van der Waals surface area (Å²) in [5.74, 6) is 0.210. The third kappa shape index (κ3) is 9.67. The topological polar surface area (TPSA) is 99.4 Å². The van der Waals surface area contributed by atoms with E-state index in [1.165, 1.54) is 0 Å². The van der Waals surface area contributed by atoms with Crippen LogP contribution in [0.2, 0.25) is 0 Å². The van der Waals surface area contributed by atoms with Crippen LogP contribution in [-0.2, 0) is 9.47 Å². The number of rotatable bonds is 10. The van der Waals surface area contributed by atoms with E-state index in [4.69, 9.17) is 9.47 Å². The zero-order chi connectivity index (χ0) is 21.8. The Morgan fingerprint density at radius 2 is 1.38 bits per heavy atom. The van der Waals surface area contributed by atoms with Crippen molar-refractivity contribution in [1.82, 2.24) is 0 Å². The monoisotopic (exact) mass is 408 g/mol. The maximum atomic E-state index is 9.95. The van der Waals surface area contributed by atoms with Gasteiger partial charge in [0.2, 0.25) is 0 Å². The molecule has 0 aliphatic carbocycles. The first kappa shape index (κ1) is 25.5. The molecular weight excluding hydrogens is 372 g/mol. The maximum absolute atomic E-state index is 9.95. The average molecular weight is 409 g/mol. The molecule has 0 aromatic carbocycles. The van der Waals surface area contributed by atoms with Crippen molar-refractivity contribution in [2.24, 2.45) is 5.92 Å². The van der Waals surface area contributed by atoms with E-state index in [2.05, 4.69) is 0 Å². The smallest absolute Gasteiger partial charge is 0.186 e. The third-order valence-corrected chi connectivity index (χ3v) is 4.55. The van der Waals surface area contributed by atoms with Gasteiger partial charge in [0.15, 0.2) is 6.29 Å². The van der Waals surface area contributed by atoms with Crippen molar-refractivity contribution in [2.45, 2.75) is 77.0 Å². The van der Waals surface area contributed by atoms with Crippen molar-refractivity contribution >= 4 is 0 Å². The molecule has 1 saturated heterocycles. The van der Waals surface area contributed by atoms with Crippen LogP contribution in [0.15, 0.2) is 60.8 Å². The molecule has 0 bridgehead atoms. The standard InChI is InChI=1S/C23H36O6/c1-16(2)19(24)15-13-11-9-7-5-6-8-10-12-14-17(3)28-23-22(27)21(26)20(25)18(4)29-23/h5-13,15-27H,14H2,1-4H3. The average Bonchev–Trinajstić information content (AvgIpc) is 2.68. The maximum Gasteiger partial charge on any atom is 0.186 e. The second-order valence-corrected chi connectivity index (χ2v) is 7.57. The van der Waals surface area contributed by atoms with Gasteiger partial charge < -0.3 is 29.9 Å². The Kier molecular flexibility index (Phi) is 12.0. The molecule has 0 amide bonds. The number of allylic oxidation sites excluding steroid dienone is 8. The van der Waals surface area contributed by atoms with Gasteiger partial charge in [-0.05, 0) is 26.2 Å². The van der Waals surface area contributed by atoms with Crippen molar-refractivity contribution < 1.29 is 29.9 Å². The van der Waals surface area contributed by atoms with Crippen LogP contribution >= 0.6 is 0 Å². The van der Waals surface area contributed by atoms with Crippen molar-refractivity contribution in [1.29, 1.82) is 0 Å². The number of aliphatic hydroxyl groups excluding tert-OH is 4. The second kappa shape index (κ2) is 13.6. The van der Waals surface area contributed by atoms with E-state index in [0.717, 1.165) is 0 Å². The van der Waals surface area contributed by atoms with E-state index in [-0.39, 0.29) is 12.0 Å². The van der Waals surface area contributed by atoms with E-state index >= 15 is 0 Å².